The van der Waals surface area contributed by atoms with Crippen molar-refractivity contribution in [2.24, 2.45) is 0 Å². The number of nitriles is 1. The molecule has 0 saturated heterocycles. The molecule has 0 atom stereocenters. The molecular formula is C12H7N3O2S. The molecule has 0 radical (unpaired) electrons. The zero-order valence-electron chi connectivity index (χ0n) is 9.11. The van der Waals surface area contributed by atoms with Crippen LogP contribution in [-0.4, -0.2) is 9.91 Å². The van der Waals surface area contributed by atoms with Crippen molar-refractivity contribution in [1.82, 2.24) is 4.98 Å². The number of nitro groups is 1. The highest BCUT2D eigenvalue weighted by atomic mass is 32.1. The summed E-state index contributed by atoms with van der Waals surface area (Å²) in [6, 6.07) is 8.73. The molecule has 2 heterocycles. The third kappa shape index (κ3) is 2.59. The standard InChI is InChI=1S/C12H7N3O2S/c13-7-10(11-3-1-2-4-14-11)5-9-6-12(15(16)17)18-8-9/h1-6,8H/b10-5-. The SMILES string of the molecule is N#C/C(=C/c1csc([N+](=O)[O-])c1)c1ccccn1. The Kier molecular flexibility index (Phi) is 3.46. The van der Waals surface area contributed by atoms with E-state index < -0.39 is 4.92 Å². The van der Waals surface area contributed by atoms with Crippen molar-refractivity contribution in [2.45, 2.75) is 0 Å². The van der Waals surface area contributed by atoms with Gasteiger partial charge in [0.15, 0.2) is 0 Å². The summed E-state index contributed by atoms with van der Waals surface area (Å²) in [5, 5.41) is 21.3. The van der Waals surface area contributed by atoms with Crippen molar-refractivity contribution in [2.75, 3.05) is 0 Å². The average Bonchev–Trinajstić information content (AvgIpc) is 2.86. The summed E-state index contributed by atoms with van der Waals surface area (Å²) in [6.45, 7) is 0. The number of pyridine rings is 1. The molecule has 0 N–H and O–H groups in total. The minimum absolute atomic E-state index is 0.0551. The van der Waals surface area contributed by atoms with E-state index in [1.807, 2.05) is 6.07 Å². The van der Waals surface area contributed by atoms with E-state index in [0.29, 0.717) is 16.8 Å². The number of allylic oxidation sites excluding steroid dienone is 1. The van der Waals surface area contributed by atoms with Crippen LogP contribution in [-0.2, 0) is 0 Å². The maximum absolute atomic E-state index is 10.6. The Balaban J connectivity index is 2.36. The third-order valence-corrected chi connectivity index (χ3v) is 3.06. The molecule has 0 unspecified atom stereocenters. The Morgan fingerprint density at radius 2 is 2.39 bits per heavy atom. The number of hydrogen-bond donors (Lipinski definition) is 0. The summed E-state index contributed by atoms with van der Waals surface area (Å²) in [6.07, 6.45) is 3.18. The fourth-order valence-corrected chi connectivity index (χ4v) is 2.05. The molecule has 2 aromatic heterocycles. The van der Waals surface area contributed by atoms with Crippen molar-refractivity contribution in [3.05, 3.63) is 57.2 Å². The average molecular weight is 257 g/mol. The summed E-state index contributed by atoms with van der Waals surface area (Å²) in [5.74, 6) is 0. The van der Waals surface area contributed by atoms with Crippen LogP contribution >= 0.6 is 11.3 Å². The predicted molar refractivity (Wildman–Crippen MR) is 68.7 cm³/mol. The van der Waals surface area contributed by atoms with Crippen LogP contribution in [0, 0.1) is 21.4 Å². The maximum Gasteiger partial charge on any atom is 0.324 e. The fraction of sp³-hybridized carbons (Fsp3) is 0. The molecule has 6 heteroatoms. The lowest BCUT2D eigenvalue weighted by Crippen LogP contribution is -1.85. The number of nitrogens with zero attached hydrogens (tertiary/aromatic N) is 3. The molecule has 0 bridgehead atoms. The normalized spacial score (nSPS) is 10.9. The first-order valence-corrected chi connectivity index (χ1v) is 5.85. The Morgan fingerprint density at radius 1 is 1.56 bits per heavy atom. The van der Waals surface area contributed by atoms with E-state index >= 15 is 0 Å². The number of thiophene rings is 1. The number of rotatable bonds is 3. The lowest BCUT2D eigenvalue weighted by Gasteiger charge is -1.95. The van der Waals surface area contributed by atoms with E-state index in [0.717, 1.165) is 11.3 Å². The van der Waals surface area contributed by atoms with Crippen molar-refractivity contribution < 1.29 is 4.92 Å². The first-order valence-electron chi connectivity index (χ1n) is 4.97. The van der Waals surface area contributed by atoms with Gasteiger partial charge in [-0.2, -0.15) is 5.26 Å². The van der Waals surface area contributed by atoms with Crippen LogP contribution in [0.15, 0.2) is 35.8 Å². The Bertz CT molecular complexity index is 641. The van der Waals surface area contributed by atoms with E-state index in [-0.39, 0.29) is 5.00 Å². The highest BCUT2D eigenvalue weighted by Crippen LogP contribution is 2.25. The van der Waals surface area contributed by atoms with Gasteiger partial charge in [0.05, 0.1) is 16.2 Å². The van der Waals surface area contributed by atoms with Crippen LogP contribution < -0.4 is 0 Å². The van der Waals surface area contributed by atoms with Gasteiger partial charge in [-0.3, -0.25) is 15.1 Å². The molecular weight excluding hydrogens is 250 g/mol. The van der Waals surface area contributed by atoms with E-state index in [1.165, 1.54) is 6.07 Å². The van der Waals surface area contributed by atoms with Gasteiger partial charge in [0.2, 0.25) is 0 Å². The Labute approximate surface area is 107 Å². The van der Waals surface area contributed by atoms with Crippen molar-refractivity contribution >= 4 is 28.0 Å². The molecule has 5 nitrogen and oxygen atoms in total. The summed E-state index contributed by atoms with van der Waals surface area (Å²) in [5.41, 5.74) is 1.56. The van der Waals surface area contributed by atoms with E-state index in [1.54, 1.807) is 35.9 Å². The fourth-order valence-electron chi connectivity index (χ4n) is 1.36. The van der Waals surface area contributed by atoms with Crippen LogP contribution in [0.1, 0.15) is 11.3 Å². The van der Waals surface area contributed by atoms with Crippen LogP contribution in [0.5, 0.6) is 0 Å². The summed E-state index contributed by atoms with van der Waals surface area (Å²) in [7, 11) is 0. The van der Waals surface area contributed by atoms with E-state index in [9.17, 15) is 10.1 Å². The van der Waals surface area contributed by atoms with Gasteiger partial charge in [0, 0.05) is 17.6 Å². The smallest absolute Gasteiger partial charge is 0.258 e. The second-order valence-electron chi connectivity index (χ2n) is 3.36. The highest BCUT2D eigenvalue weighted by Gasteiger charge is 2.09. The van der Waals surface area contributed by atoms with Gasteiger partial charge < -0.3 is 0 Å². The van der Waals surface area contributed by atoms with Gasteiger partial charge in [-0.15, -0.1) is 0 Å². The molecule has 18 heavy (non-hydrogen) atoms. The highest BCUT2D eigenvalue weighted by molar-refractivity contribution is 7.13. The second-order valence-corrected chi connectivity index (χ2v) is 4.25. The molecule has 0 fully saturated rings. The van der Waals surface area contributed by atoms with Crippen molar-refractivity contribution in [3.63, 3.8) is 0 Å². The minimum atomic E-state index is -0.450. The Hall–Kier alpha value is -2.52. The molecule has 0 amide bonds. The first-order chi connectivity index (χ1) is 8.70. The number of hydrogen-bond acceptors (Lipinski definition) is 5. The molecule has 0 aromatic carbocycles. The van der Waals surface area contributed by atoms with Gasteiger partial charge in [-0.25, -0.2) is 0 Å². The van der Waals surface area contributed by atoms with Gasteiger partial charge in [-0.1, -0.05) is 17.4 Å². The molecule has 0 spiro atoms. The topological polar surface area (TPSA) is 79.8 Å². The summed E-state index contributed by atoms with van der Waals surface area (Å²) in [4.78, 5) is 14.2. The van der Waals surface area contributed by atoms with Gasteiger partial charge in [0.25, 0.3) is 0 Å². The van der Waals surface area contributed by atoms with Crippen LogP contribution in [0.3, 0.4) is 0 Å². The lowest BCUT2D eigenvalue weighted by atomic mass is 10.1. The predicted octanol–water partition coefficient (Wildman–Crippen LogP) is 3.12. The summed E-state index contributed by atoms with van der Waals surface area (Å²) >= 11 is 1.03. The van der Waals surface area contributed by atoms with Gasteiger partial charge >= 0.3 is 5.00 Å². The lowest BCUT2D eigenvalue weighted by molar-refractivity contribution is -0.380. The van der Waals surface area contributed by atoms with Crippen LogP contribution in [0.25, 0.3) is 11.6 Å². The minimum Gasteiger partial charge on any atom is -0.258 e. The molecule has 2 rings (SSSR count). The van der Waals surface area contributed by atoms with Crippen molar-refractivity contribution in [3.8, 4) is 6.07 Å². The second kappa shape index (κ2) is 5.21. The molecule has 88 valence electrons. The quantitative estimate of drug-likeness (QED) is 0.480. The molecule has 2 aromatic rings. The van der Waals surface area contributed by atoms with Crippen LogP contribution in [0.2, 0.25) is 0 Å². The van der Waals surface area contributed by atoms with Gasteiger partial charge in [-0.05, 0) is 23.8 Å². The van der Waals surface area contributed by atoms with Gasteiger partial charge in [0.1, 0.15) is 6.07 Å². The third-order valence-electron chi connectivity index (χ3n) is 2.16. The van der Waals surface area contributed by atoms with Crippen molar-refractivity contribution in [1.29, 1.82) is 5.26 Å². The largest absolute Gasteiger partial charge is 0.324 e. The first kappa shape index (κ1) is 12.0. The molecule has 0 aliphatic heterocycles. The van der Waals surface area contributed by atoms with Crippen LogP contribution in [0.4, 0.5) is 5.00 Å². The molecule has 0 aliphatic carbocycles. The zero-order chi connectivity index (χ0) is 13.0. The molecule has 0 aliphatic rings. The monoisotopic (exact) mass is 257 g/mol. The maximum atomic E-state index is 10.6. The van der Waals surface area contributed by atoms with E-state index in [2.05, 4.69) is 4.98 Å². The molecule has 0 saturated carbocycles. The zero-order valence-corrected chi connectivity index (χ0v) is 9.92. The number of aromatic nitrogens is 1. The van der Waals surface area contributed by atoms with E-state index in [4.69, 9.17) is 5.26 Å². The summed E-state index contributed by atoms with van der Waals surface area (Å²) < 4.78 is 0. The Morgan fingerprint density at radius 3 is 2.94 bits per heavy atom.